The number of nitrogens with one attached hydrogen (secondary N) is 1. The zero-order valence-electron chi connectivity index (χ0n) is 14.1. The van der Waals surface area contributed by atoms with Gasteiger partial charge in [-0.05, 0) is 44.0 Å². The summed E-state index contributed by atoms with van der Waals surface area (Å²) in [4.78, 5) is 16.8. The highest BCUT2D eigenvalue weighted by Crippen LogP contribution is 2.21. The lowest BCUT2D eigenvalue weighted by Crippen LogP contribution is -2.28. The van der Waals surface area contributed by atoms with Crippen molar-refractivity contribution in [3.63, 3.8) is 0 Å². The fourth-order valence-electron chi connectivity index (χ4n) is 2.76. The van der Waals surface area contributed by atoms with Gasteiger partial charge in [0.25, 0.3) is 5.91 Å². The SMILES string of the molecule is Cc1csc(CCNC(=O)c2ccc(S(=O)(=O)N3CCCC3)cc2)n1. The minimum Gasteiger partial charge on any atom is -0.352 e. The number of carbonyl (C=O) groups excluding carboxylic acids is 1. The summed E-state index contributed by atoms with van der Waals surface area (Å²) in [5.74, 6) is -0.210. The van der Waals surface area contributed by atoms with Crippen molar-refractivity contribution < 1.29 is 13.2 Å². The molecule has 1 aromatic heterocycles. The number of carbonyl (C=O) groups is 1. The molecule has 6 nitrogen and oxygen atoms in total. The fourth-order valence-corrected chi connectivity index (χ4v) is 5.05. The smallest absolute Gasteiger partial charge is 0.251 e. The number of aryl methyl sites for hydroxylation is 1. The molecule has 2 aromatic rings. The second-order valence-electron chi connectivity index (χ2n) is 6.02. The van der Waals surface area contributed by atoms with Gasteiger partial charge in [0.2, 0.25) is 10.0 Å². The van der Waals surface area contributed by atoms with Crippen LogP contribution in [0.25, 0.3) is 0 Å². The third-order valence-corrected chi connectivity index (χ3v) is 7.05. The lowest BCUT2D eigenvalue weighted by Gasteiger charge is -2.15. The standard InChI is InChI=1S/C17H21N3O3S2/c1-13-12-24-16(19-13)8-9-18-17(21)14-4-6-15(7-5-14)25(22,23)20-10-2-3-11-20/h4-7,12H,2-3,8-11H2,1H3,(H,18,21). The Bertz CT molecular complexity index is 838. The summed E-state index contributed by atoms with van der Waals surface area (Å²) >= 11 is 1.58. The van der Waals surface area contributed by atoms with Crippen LogP contribution in [0.2, 0.25) is 0 Å². The van der Waals surface area contributed by atoms with Gasteiger partial charge in [-0.2, -0.15) is 4.31 Å². The molecule has 2 heterocycles. The van der Waals surface area contributed by atoms with Crippen LogP contribution in [0.1, 0.15) is 33.9 Å². The van der Waals surface area contributed by atoms with Gasteiger partial charge in [-0.25, -0.2) is 13.4 Å². The van der Waals surface area contributed by atoms with Crippen molar-refractivity contribution >= 4 is 27.3 Å². The molecule has 3 rings (SSSR count). The summed E-state index contributed by atoms with van der Waals surface area (Å²) in [7, 11) is -3.44. The summed E-state index contributed by atoms with van der Waals surface area (Å²) < 4.78 is 26.4. The van der Waals surface area contributed by atoms with Crippen LogP contribution in [0, 0.1) is 6.92 Å². The van der Waals surface area contributed by atoms with E-state index in [0.717, 1.165) is 23.5 Å². The van der Waals surface area contributed by atoms with Crippen LogP contribution in [0.15, 0.2) is 34.5 Å². The zero-order chi connectivity index (χ0) is 17.9. The van der Waals surface area contributed by atoms with Crippen LogP contribution >= 0.6 is 11.3 Å². The minimum atomic E-state index is -3.44. The molecule has 8 heteroatoms. The van der Waals surface area contributed by atoms with Crippen LogP contribution in [0.4, 0.5) is 0 Å². The maximum atomic E-state index is 12.5. The monoisotopic (exact) mass is 379 g/mol. The Morgan fingerprint density at radius 3 is 2.52 bits per heavy atom. The first-order valence-corrected chi connectivity index (χ1v) is 10.6. The Morgan fingerprint density at radius 2 is 1.92 bits per heavy atom. The average Bonchev–Trinajstić information content (AvgIpc) is 3.27. The lowest BCUT2D eigenvalue weighted by molar-refractivity contribution is 0.0954. The van der Waals surface area contributed by atoms with E-state index in [4.69, 9.17) is 0 Å². The molecule has 0 bridgehead atoms. The molecule has 0 aliphatic carbocycles. The molecule has 0 atom stereocenters. The minimum absolute atomic E-state index is 0.210. The number of hydrogen-bond donors (Lipinski definition) is 1. The molecule has 0 spiro atoms. The largest absolute Gasteiger partial charge is 0.352 e. The molecule has 25 heavy (non-hydrogen) atoms. The fraction of sp³-hybridized carbons (Fsp3) is 0.412. The molecular weight excluding hydrogens is 358 g/mol. The van der Waals surface area contributed by atoms with E-state index in [-0.39, 0.29) is 10.8 Å². The Kier molecular flexibility index (Phi) is 5.51. The van der Waals surface area contributed by atoms with E-state index >= 15 is 0 Å². The number of aromatic nitrogens is 1. The number of thiazole rings is 1. The van der Waals surface area contributed by atoms with Gasteiger partial charge in [-0.3, -0.25) is 4.79 Å². The summed E-state index contributed by atoms with van der Waals surface area (Å²) in [6.07, 6.45) is 2.49. The maximum absolute atomic E-state index is 12.5. The van der Waals surface area contributed by atoms with Crippen LogP contribution in [0.5, 0.6) is 0 Å². The molecule has 1 aliphatic heterocycles. The van der Waals surface area contributed by atoms with Crippen molar-refractivity contribution in [1.82, 2.24) is 14.6 Å². The third-order valence-electron chi connectivity index (χ3n) is 4.11. The maximum Gasteiger partial charge on any atom is 0.251 e. The van der Waals surface area contributed by atoms with Gasteiger partial charge < -0.3 is 5.32 Å². The molecule has 134 valence electrons. The van der Waals surface area contributed by atoms with E-state index in [1.807, 2.05) is 12.3 Å². The molecule has 1 aliphatic rings. The number of nitrogens with zero attached hydrogens (tertiary/aromatic N) is 2. The van der Waals surface area contributed by atoms with Crippen LogP contribution in [-0.2, 0) is 16.4 Å². The van der Waals surface area contributed by atoms with E-state index in [0.29, 0.717) is 31.6 Å². The van der Waals surface area contributed by atoms with Crippen molar-refractivity contribution in [2.75, 3.05) is 19.6 Å². The summed E-state index contributed by atoms with van der Waals surface area (Å²) in [6.45, 7) is 3.58. The lowest BCUT2D eigenvalue weighted by atomic mass is 10.2. The molecule has 1 N–H and O–H groups in total. The highest BCUT2D eigenvalue weighted by Gasteiger charge is 2.27. The number of benzene rings is 1. The van der Waals surface area contributed by atoms with Gasteiger partial charge in [-0.1, -0.05) is 0 Å². The first-order valence-electron chi connectivity index (χ1n) is 8.26. The van der Waals surface area contributed by atoms with Gasteiger partial charge in [0.1, 0.15) is 0 Å². The summed E-state index contributed by atoms with van der Waals surface area (Å²) in [5.41, 5.74) is 1.44. The van der Waals surface area contributed by atoms with E-state index in [1.54, 1.807) is 23.5 Å². The van der Waals surface area contributed by atoms with Gasteiger partial charge in [0.15, 0.2) is 0 Å². The van der Waals surface area contributed by atoms with Crippen molar-refractivity contribution in [3.05, 3.63) is 45.9 Å². The second-order valence-corrected chi connectivity index (χ2v) is 8.90. The Labute approximate surface area is 151 Å². The number of amides is 1. The van der Waals surface area contributed by atoms with Crippen molar-refractivity contribution in [1.29, 1.82) is 0 Å². The Hall–Kier alpha value is -1.77. The van der Waals surface area contributed by atoms with Crippen LogP contribution in [0.3, 0.4) is 0 Å². The highest BCUT2D eigenvalue weighted by atomic mass is 32.2. The molecule has 1 saturated heterocycles. The average molecular weight is 380 g/mol. The van der Waals surface area contributed by atoms with Crippen molar-refractivity contribution in [3.8, 4) is 0 Å². The predicted octanol–water partition coefficient (Wildman–Crippen LogP) is 2.21. The van der Waals surface area contributed by atoms with Gasteiger partial charge in [-0.15, -0.1) is 11.3 Å². The topological polar surface area (TPSA) is 79.4 Å². The van der Waals surface area contributed by atoms with Crippen molar-refractivity contribution in [2.24, 2.45) is 0 Å². The number of hydrogen-bond acceptors (Lipinski definition) is 5. The quantitative estimate of drug-likeness (QED) is 0.835. The van der Waals surface area contributed by atoms with E-state index in [2.05, 4.69) is 10.3 Å². The Balaban J connectivity index is 1.58. The normalized spacial score (nSPS) is 15.4. The van der Waals surface area contributed by atoms with Crippen LogP contribution in [-0.4, -0.2) is 43.2 Å². The van der Waals surface area contributed by atoms with E-state index in [1.165, 1.54) is 16.4 Å². The zero-order valence-corrected chi connectivity index (χ0v) is 15.7. The van der Waals surface area contributed by atoms with Gasteiger partial charge in [0, 0.05) is 42.7 Å². The van der Waals surface area contributed by atoms with Gasteiger partial charge in [0.05, 0.1) is 9.90 Å². The Morgan fingerprint density at radius 1 is 1.24 bits per heavy atom. The molecule has 0 unspecified atom stereocenters. The highest BCUT2D eigenvalue weighted by molar-refractivity contribution is 7.89. The van der Waals surface area contributed by atoms with Crippen LogP contribution < -0.4 is 5.32 Å². The van der Waals surface area contributed by atoms with E-state index in [9.17, 15) is 13.2 Å². The van der Waals surface area contributed by atoms with Crippen molar-refractivity contribution in [2.45, 2.75) is 31.1 Å². The third kappa shape index (κ3) is 4.26. The number of sulfonamides is 1. The summed E-state index contributed by atoms with van der Waals surface area (Å²) in [5, 5.41) is 5.81. The second kappa shape index (κ2) is 7.63. The first-order chi connectivity index (χ1) is 12.0. The summed E-state index contributed by atoms with van der Waals surface area (Å²) in [6, 6.07) is 6.14. The molecule has 1 amide bonds. The van der Waals surface area contributed by atoms with E-state index < -0.39 is 10.0 Å². The molecule has 1 fully saturated rings. The molecular formula is C17H21N3O3S2. The molecule has 1 aromatic carbocycles. The predicted molar refractivity (Wildman–Crippen MR) is 97.3 cm³/mol. The molecule has 0 saturated carbocycles. The molecule has 0 radical (unpaired) electrons. The first kappa shape index (κ1) is 18.0. The number of rotatable bonds is 6. The van der Waals surface area contributed by atoms with Gasteiger partial charge >= 0.3 is 0 Å².